The van der Waals surface area contributed by atoms with Gasteiger partial charge in [0.1, 0.15) is 0 Å². The van der Waals surface area contributed by atoms with Gasteiger partial charge in [0.25, 0.3) is 0 Å². The first-order valence-electron chi connectivity index (χ1n) is 6.20. The molecule has 4 nitrogen and oxygen atoms in total. The summed E-state index contributed by atoms with van der Waals surface area (Å²) in [5, 5.41) is -0.324. The molecule has 0 aromatic heterocycles. The van der Waals surface area contributed by atoms with Crippen LogP contribution in [0.5, 0.6) is 0 Å². The molecule has 0 bridgehead atoms. The van der Waals surface area contributed by atoms with Crippen LogP contribution >= 0.6 is 0 Å². The number of amides is 1. The largest absolute Gasteiger partial charge is 0.340 e. The zero-order valence-electron chi connectivity index (χ0n) is 10.1. The molecular weight excluding hydrogens is 238 g/mol. The second-order valence-electron chi connectivity index (χ2n) is 4.80. The molecule has 1 unspecified atom stereocenters. The van der Waals surface area contributed by atoms with Crippen LogP contribution < -0.4 is 0 Å². The van der Waals surface area contributed by atoms with Crippen LogP contribution in [0.25, 0.3) is 0 Å². The van der Waals surface area contributed by atoms with Gasteiger partial charge in [-0.05, 0) is 19.3 Å². The van der Waals surface area contributed by atoms with Crippen molar-refractivity contribution >= 4 is 15.7 Å². The zero-order chi connectivity index (χ0) is 12.5. The van der Waals surface area contributed by atoms with Crippen LogP contribution in [-0.4, -0.2) is 43.3 Å². The number of hydrogen-bond donors (Lipinski definition) is 0. The smallest absolute Gasteiger partial charge is 0.226 e. The Balaban J connectivity index is 1.87. The van der Waals surface area contributed by atoms with Crippen LogP contribution in [0.15, 0.2) is 12.2 Å². The Bertz CT molecular complexity index is 421. The highest BCUT2D eigenvalue weighted by Gasteiger charge is 2.40. The number of carbonyl (C=O) groups excluding carboxylic acids is 1. The van der Waals surface area contributed by atoms with E-state index in [-0.39, 0.29) is 22.8 Å². The summed E-state index contributed by atoms with van der Waals surface area (Å²) in [4.78, 5) is 13.7. The fourth-order valence-electron chi connectivity index (χ4n) is 2.36. The second-order valence-corrected chi connectivity index (χ2v) is 7.37. The lowest BCUT2D eigenvalue weighted by Gasteiger charge is -2.40. The van der Waals surface area contributed by atoms with E-state index in [0.29, 0.717) is 13.1 Å². The van der Waals surface area contributed by atoms with E-state index in [1.807, 2.05) is 6.08 Å². The summed E-state index contributed by atoms with van der Waals surface area (Å²) in [7, 11) is -2.97. The van der Waals surface area contributed by atoms with Gasteiger partial charge in [0.05, 0.1) is 5.25 Å². The molecular formula is C12H19NO3S. The molecule has 2 rings (SSSR count). The molecule has 5 heteroatoms. The predicted octanol–water partition coefficient (Wildman–Crippen LogP) is 0.988. The van der Waals surface area contributed by atoms with E-state index in [4.69, 9.17) is 0 Å². The van der Waals surface area contributed by atoms with Gasteiger partial charge in [-0.1, -0.05) is 19.1 Å². The van der Waals surface area contributed by atoms with Crippen molar-refractivity contribution in [3.63, 3.8) is 0 Å². The van der Waals surface area contributed by atoms with Gasteiger partial charge < -0.3 is 4.90 Å². The minimum absolute atomic E-state index is 0.0743. The maximum Gasteiger partial charge on any atom is 0.226 e. The first-order chi connectivity index (χ1) is 8.04. The summed E-state index contributed by atoms with van der Waals surface area (Å²) in [6, 6.07) is 0. The molecule has 0 spiro atoms. The lowest BCUT2D eigenvalue weighted by atomic mass is 9.92. The Kier molecular flexibility index (Phi) is 3.56. The van der Waals surface area contributed by atoms with E-state index in [0.717, 1.165) is 19.3 Å². The second kappa shape index (κ2) is 4.80. The summed E-state index contributed by atoms with van der Waals surface area (Å²) < 4.78 is 23.2. The van der Waals surface area contributed by atoms with E-state index in [1.165, 1.54) is 0 Å². The Morgan fingerprint density at radius 2 is 2.06 bits per heavy atom. The standard InChI is InChI=1S/C12H19NO3S/c1-2-17(15,16)11-8-13(9-11)12(14)10-6-4-3-5-7-10/h3-4,10-11H,2,5-9H2,1H3. The number of allylic oxidation sites excluding steroid dienone is 2. The molecule has 1 aliphatic heterocycles. The third kappa shape index (κ3) is 2.54. The highest BCUT2D eigenvalue weighted by atomic mass is 32.2. The maximum atomic E-state index is 12.0. The molecule has 0 saturated carbocycles. The number of nitrogens with zero attached hydrogens (tertiary/aromatic N) is 1. The van der Waals surface area contributed by atoms with Gasteiger partial charge in [-0.2, -0.15) is 0 Å². The zero-order valence-corrected chi connectivity index (χ0v) is 10.9. The Hall–Kier alpha value is -0.840. The lowest BCUT2D eigenvalue weighted by molar-refractivity contribution is -0.139. The van der Waals surface area contributed by atoms with E-state index in [2.05, 4.69) is 6.08 Å². The van der Waals surface area contributed by atoms with E-state index >= 15 is 0 Å². The van der Waals surface area contributed by atoms with E-state index in [1.54, 1.807) is 11.8 Å². The van der Waals surface area contributed by atoms with Crippen LogP contribution in [0, 0.1) is 5.92 Å². The van der Waals surface area contributed by atoms with Crippen molar-refractivity contribution in [2.45, 2.75) is 31.4 Å². The van der Waals surface area contributed by atoms with Crippen molar-refractivity contribution < 1.29 is 13.2 Å². The molecule has 96 valence electrons. The third-order valence-electron chi connectivity index (χ3n) is 3.69. The number of sulfone groups is 1. The SMILES string of the molecule is CCS(=O)(=O)C1CN(C(=O)C2CC=CCC2)C1. The predicted molar refractivity (Wildman–Crippen MR) is 66.3 cm³/mol. The highest BCUT2D eigenvalue weighted by molar-refractivity contribution is 7.92. The van der Waals surface area contributed by atoms with Gasteiger partial charge in [-0.3, -0.25) is 4.79 Å². The van der Waals surface area contributed by atoms with Crippen molar-refractivity contribution in [3.8, 4) is 0 Å². The topological polar surface area (TPSA) is 54.5 Å². The Labute approximate surface area is 103 Å². The maximum absolute atomic E-state index is 12.0. The van der Waals surface area contributed by atoms with Crippen molar-refractivity contribution in [3.05, 3.63) is 12.2 Å². The number of likely N-dealkylation sites (tertiary alicyclic amines) is 1. The van der Waals surface area contributed by atoms with Crippen molar-refractivity contribution in [2.24, 2.45) is 5.92 Å². The summed E-state index contributed by atoms with van der Waals surface area (Å²) in [5.41, 5.74) is 0. The molecule has 1 amide bonds. The molecule has 0 radical (unpaired) electrons. The van der Waals surface area contributed by atoms with Gasteiger partial charge in [-0.25, -0.2) is 8.42 Å². The first kappa shape index (κ1) is 12.6. The van der Waals surface area contributed by atoms with Gasteiger partial charge in [0, 0.05) is 24.8 Å². The van der Waals surface area contributed by atoms with Gasteiger partial charge in [0.2, 0.25) is 5.91 Å². The molecule has 1 atom stereocenters. The molecule has 1 aliphatic carbocycles. The normalized spacial score (nSPS) is 25.7. The van der Waals surface area contributed by atoms with Crippen LogP contribution in [0.4, 0.5) is 0 Å². The average molecular weight is 257 g/mol. The van der Waals surface area contributed by atoms with Gasteiger partial charge in [-0.15, -0.1) is 0 Å². The first-order valence-corrected chi connectivity index (χ1v) is 7.91. The van der Waals surface area contributed by atoms with Crippen molar-refractivity contribution in [1.29, 1.82) is 0 Å². The van der Waals surface area contributed by atoms with Crippen molar-refractivity contribution in [2.75, 3.05) is 18.8 Å². The van der Waals surface area contributed by atoms with Crippen LogP contribution in [0.2, 0.25) is 0 Å². The van der Waals surface area contributed by atoms with Crippen LogP contribution in [0.3, 0.4) is 0 Å². The van der Waals surface area contributed by atoms with Crippen molar-refractivity contribution in [1.82, 2.24) is 4.90 Å². The third-order valence-corrected chi connectivity index (χ3v) is 5.81. The molecule has 0 N–H and O–H groups in total. The minimum Gasteiger partial charge on any atom is -0.340 e. The fraction of sp³-hybridized carbons (Fsp3) is 0.750. The lowest BCUT2D eigenvalue weighted by Crippen LogP contribution is -2.58. The highest BCUT2D eigenvalue weighted by Crippen LogP contribution is 2.25. The molecule has 17 heavy (non-hydrogen) atoms. The number of hydrogen-bond acceptors (Lipinski definition) is 3. The fourth-order valence-corrected chi connectivity index (χ4v) is 3.64. The number of rotatable bonds is 3. The molecule has 0 aromatic carbocycles. The minimum atomic E-state index is -2.97. The molecule has 1 heterocycles. The van der Waals surface area contributed by atoms with Crippen LogP contribution in [0.1, 0.15) is 26.2 Å². The van der Waals surface area contributed by atoms with E-state index in [9.17, 15) is 13.2 Å². The molecule has 1 fully saturated rings. The average Bonchev–Trinajstić information content (AvgIpc) is 2.28. The quantitative estimate of drug-likeness (QED) is 0.708. The van der Waals surface area contributed by atoms with Gasteiger partial charge in [0.15, 0.2) is 9.84 Å². The summed E-state index contributed by atoms with van der Waals surface area (Å²) in [6.45, 7) is 2.45. The monoisotopic (exact) mass is 257 g/mol. The van der Waals surface area contributed by atoms with E-state index < -0.39 is 9.84 Å². The summed E-state index contributed by atoms with van der Waals surface area (Å²) in [6.07, 6.45) is 6.81. The summed E-state index contributed by atoms with van der Waals surface area (Å²) >= 11 is 0. The Morgan fingerprint density at radius 3 is 2.59 bits per heavy atom. The Morgan fingerprint density at radius 1 is 1.35 bits per heavy atom. The summed E-state index contributed by atoms with van der Waals surface area (Å²) in [5.74, 6) is 0.383. The molecule has 2 aliphatic rings. The number of carbonyl (C=O) groups is 1. The molecule has 1 saturated heterocycles. The molecule has 0 aromatic rings. The van der Waals surface area contributed by atoms with Crippen LogP contribution in [-0.2, 0) is 14.6 Å². The van der Waals surface area contributed by atoms with Gasteiger partial charge >= 0.3 is 0 Å².